The number of benzene rings is 1. The van der Waals surface area contributed by atoms with Crippen molar-refractivity contribution in [2.24, 2.45) is 0 Å². The second-order valence-corrected chi connectivity index (χ2v) is 6.10. The number of hydrogen-bond acceptors (Lipinski definition) is 0. The lowest BCUT2D eigenvalue weighted by Gasteiger charge is -2.07. The highest BCUT2D eigenvalue weighted by atomic mass is 14.0. The van der Waals surface area contributed by atoms with Gasteiger partial charge in [0.1, 0.15) is 0 Å². The normalized spacial score (nSPS) is 12.2. The van der Waals surface area contributed by atoms with Gasteiger partial charge in [-0.1, -0.05) is 88.1 Å². The summed E-state index contributed by atoms with van der Waals surface area (Å²) in [5.74, 6) is 0. The van der Waals surface area contributed by atoms with Gasteiger partial charge in [0.2, 0.25) is 0 Å². The smallest absolute Gasteiger partial charge is 0.0228 e. The molecule has 0 aliphatic heterocycles. The molecule has 1 aromatic rings. The summed E-state index contributed by atoms with van der Waals surface area (Å²) in [6.07, 6.45) is 20.0. The Labute approximate surface area is 138 Å². The molecular formula is C22H34. The van der Waals surface area contributed by atoms with Crippen molar-refractivity contribution in [3.8, 4) is 0 Å². The molecule has 0 saturated heterocycles. The van der Waals surface area contributed by atoms with Crippen molar-refractivity contribution in [2.75, 3.05) is 0 Å². The SMILES string of the molecule is CCCCC/C=C\CC/C(=C\CCCCC)c1ccccc1. The maximum Gasteiger partial charge on any atom is -0.0228 e. The first-order valence-electron chi connectivity index (χ1n) is 9.28. The van der Waals surface area contributed by atoms with Crippen molar-refractivity contribution in [2.45, 2.75) is 78.1 Å². The lowest BCUT2D eigenvalue weighted by atomic mass is 9.99. The molecule has 0 bridgehead atoms. The zero-order valence-corrected chi connectivity index (χ0v) is 14.7. The Kier molecular flexibility index (Phi) is 11.4. The lowest BCUT2D eigenvalue weighted by Crippen LogP contribution is -1.85. The molecule has 0 heterocycles. The summed E-state index contributed by atoms with van der Waals surface area (Å²) in [5.41, 5.74) is 2.92. The Morgan fingerprint density at radius 2 is 1.41 bits per heavy atom. The van der Waals surface area contributed by atoms with Crippen LogP contribution in [0.15, 0.2) is 48.6 Å². The summed E-state index contributed by atoms with van der Waals surface area (Å²) >= 11 is 0. The largest absolute Gasteiger partial charge is 0.0885 e. The Balaban J connectivity index is 2.45. The van der Waals surface area contributed by atoms with Crippen molar-refractivity contribution < 1.29 is 0 Å². The van der Waals surface area contributed by atoms with E-state index in [4.69, 9.17) is 0 Å². The molecule has 0 aliphatic rings. The van der Waals surface area contributed by atoms with Gasteiger partial charge in [0.05, 0.1) is 0 Å². The van der Waals surface area contributed by atoms with Crippen LogP contribution in [0.5, 0.6) is 0 Å². The van der Waals surface area contributed by atoms with E-state index in [-0.39, 0.29) is 0 Å². The van der Waals surface area contributed by atoms with Gasteiger partial charge in [-0.2, -0.15) is 0 Å². The fourth-order valence-electron chi connectivity index (χ4n) is 2.67. The van der Waals surface area contributed by atoms with Crippen LogP contribution in [-0.2, 0) is 0 Å². The summed E-state index contributed by atoms with van der Waals surface area (Å²) in [5, 5.41) is 0. The summed E-state index contributed by atoms with van der Waals surface area (Å²) in [4.78, 5) is 0. The van der Waals surface area contributed by atoms with Crippen LogP contribution in [0.3, 0.4) is 0 Å². The van der Waals surface area contributed by atoms with Crippen molar-refractivity contribution in [3.05, 3.63) is 54.1 Å². The molecule has 1 rings (SSSR count). The van der Waals surface area contributed by atoms with Gasteiger partial charge in [-0.15, -0.1) is 0 Å². The first-order valence-corrected chi connectivity index (χ1v) is 9.28. The minimum absolute atomic E-state index is 1.17. The highest BCUT2D eigenvalue weighted by Crippen LogP contribution is 2.21. The second kappa shape index (κ2) is 13.4. The summed E-state index contributed by atoms with van der Waals surface area (Å²) in [6.45, 7) is 4.53. The highest BCUT2D eigenvalue weighted by Gasteiger charge is 1.99. The molecule has 0 aliphatic carbocycles. The first kappa shape index (κ1) is 18.7. The fraction of sp³-hybridized carbons (Fsp3) is 0.545. The van der Waals surface area contributed by atoms with E-state index in [1.54, 1.807) is 0 Å². The van der Waals surface area contributed by atoms with Crippen LogP contribution in [-0.4, -0.2) is 0 Å². The van der Waals surface area contributed by atoms with E-state index >= 15 is 0 Å². The molecule has 0 nitrogen and oxygen atoms in total. The molecular weight excluding hydrogens is 264 g/mol. The van der Waals surface area contributed by atoms with E-state index < -0.39 is 0 Å². The Morgan fingerprint density at radius 1 is 0.773 bits per heavy atom. The average molecular weight is 299 g/mol. The van der Waals surface area contributed by atoms with E-state index in [1.165, 1.54) is 75.3 Å². The predicted molar refractivity (Wildman–Crippen MR) is 101 cm³/mol. The van der Waals surface area contributed by atoms with Gasteiger partial charge in [0.25, 0.3) is 0 Å². The zero-order chi connectivity index (χ0) is 15.9. The van der Waals surface area contributed by atoms with Gasteiger partial charge in [-0.3, -0.25) is 0 Å². The number of unbranched alkanes of at least 4 members (excludes halogenated alkanes) is 6. The van der Waals surface area contributed by atoms with E-state index in [2.05, 4.69) is 62.4 Å². The third-order valence-electron chi connectivity index (χ3n) is 4.06. The molecule has 1 aromatic carbocycles. The molecule has 0 radical (unpaired) electrons. The van der Waals surface area contributed by atoms with Gasteiger partial charge in [0.15, 0.2) is 0 Å². The van der Waals surface area contributed by atoms with Crippen LogP contribution >= 0.6 is 0 Å². The molecule has 0 saturated carbocycles. The number of rotatable bonds is 12. The number of allylic oxidation sites excluding steroid dienone is 4. The van der Waals surface area contributed by atoms with Crippen molar-refractivity contribution >= 4 is 5.57 Å². The van der Waals surface area contributed by atoms with Gasteiger partial charge < -0.3 is 0 Å². The molecule has 0 heteroatoms. The van der Waals surface area contributed by atoms with Crippen molar-refractivity contribution in [3.63, 3.8) is 0 Å². The molecule has 22 heavy (non-hydrogen) atoms. The standard InChI is InChI=1S/C22H34/c1-3-5-7-9-10-11-14-18-21(17-13-8-6-4-2)22-19-15-12-16-20-22/h10-12,15-17,19-20H,3-9,13-14,18H2,1-2H3/b11-10-,21-17+. The van der Waals surface area contributed by atoms with Crippen LogP contribution in [0.2, 0.25) is 0 Å². The van der Waals surface area contributed by atoms with Crippen molar-refractivity contribution in [1.29, 1.82) is 0 Å². The monoisotopic (exact) mass is 298 g/mol. The third kappa shape index (κ3) is 8.87. The molecule has 0 unspecified atom stereocenters. The number of hydrogen-bond donors (Lipinski definition) is 0. The Morgan fingerprint density at radius 3 is 2.09 bits per heavy atom. The van der Waals surface area contributed by atoms with E-state index in [0.29, 0.717) is 0 Å². The van der Waals surface area contributed by atoms with Gasteiger partial charge in [0, 0.05) is 0 Å². The minimum Gasteiger partial charge on any atom is -0.0885 e. The average Bonchev–Trinajstić information content (AvgIpc) is 2.56. The highest BCUT2D eigenvalue weighted by molar-refractivity contribution is 5.65. The third-order valence-corrected chi connectivity index (χ3v) is 4.06. The minimum atomic E-state index is 1.17. The van der Waals surface area contributed by atoms with Gasteiger partial charge >= 0.3 is 0 Å². The summed E-state index contributed by atoms with van der Waals surface area (Å²) in [7, 11) is 0. The van der Waals surface area contributed by atoms with Crippen LogP contribution in [0.4, 0.5) is 0 Å². The van der Waals surface area contributed by atoms with Crippen LogP contribution in [0, 0.1) is 0 Å². The molecule has 0 fully saturated rings. The van der Waals surface area contributed by atoms with Gasteiger partial charge in [-0.05, 0) is 49.7 Å². The molecule has 0 atom stereocenters. The first-order chi connectivity index (χ1) is 10.9. The maximum atomic E-state index is 2.47. The predicted octanol–water partition coefficient (Wildman–Crippen LogP) is 7.57. The molecule has 0 amide bonds. The van der Waals surface area contributed by atoms with E-state index in [9.17, 15) is 0 Å². The molecule has 0 spiro atoms. The molecule has 0 N–H and O–H groups in total. The van der Waals surface area contributed by atoms with Gasteiger partial charge in [-0.25, -0.2) is 0 Å². The van der Waals surface area contributed by atoms with Crippen molar-refractivity contribution in [1.82, 2.24) is 0 Å². The lowest BCUT2D eigenvalue weighted by molar-refractivity contribution is 0.727. The maximum absolute atomic E-state index is 2.47. The zero-order valence-electron chi connectivity index (χ0n) is 14.7. The quantitative estimate of drug-likeness (QED) is 0.276. The molecule has 0 aromatic heterocycles. The molecule has 122 valence electrons. The van der Waals surface area contributed by atoms with E-state index in [1.807, 2.05) is 0 Å². The van der Waals surface area contributed by atoms with Crippen LogP contribution < -0.4 is 0 Å². The van der Waals surface area contributed by atoms with E-state index in [0.717, 1.165) is 0 Å². The van der Waals surface area contributed by atoms with Crippen LogP contribution in [0.1, 0.15) is 83.6 Å². The second-order valence-electron chi connectivity index (χ2n) is 6.10. The van der Waals surface area contributed by atoms with Crippen LogP contribution in [0.25, 0.3) is 5.57 Å². The summed E-state index contributed by atoms with van der Waals surface area (Å²) in [6, 6.07) is 10.9. The topological polar surface area (TPSA) is 0 Å². The Hall–Kier alpha value is -1.30. The fourth-order valence-corrected chi connectivity index (χ4v) is 2.67. The summed E-state index contributed by atoms with van der Waals surface area (Å²) < 4.78 is 0. The Bertz CT molecular complexity index is 411.